The average Bonchev–Trinajstić information content (AvgIpc) is 3.32. The average molecular weight is 516 g/mol. The van der Waals surface area contributed by atoms with E-state index in [1.165, 1.54) is 6.07 Å². The van der Waals surface area contributed by atoms with Crippen molar-refractivity contribution in [2.24, 2.45) is 0 Å². The van der Waals surface area contributed by atoms with Crippen LogP contribution in [0.1, 0.15) is 63.4 Å². The van der Waals surface area contributed by atoms with Gasteiger partial charge in [0.05, 0.1) is 12.3 Å². The van der Waals surface area contributed by atoms with E-state index >= 15 is 0 Å². The molecular formula is C28H38FN3O5. The molecule has 0 N–H and O–H groups in total. The van der Waals surface area contributed by atoms with Crippen molar-refractivity contribution in [3.05, 3.63) is 29.6 Å². The second kappa shape index (κ2) is 10.1. The van der Waals surface area contributed by atoms with Gasteiger partial charge >= 0.3 is 12.2 Å². The maximum atomic E-state index is 14.3. The summed E-state index contributed by atoms with van der Waals surface area (Å²) >= 11 is 0. The third-order valence-corrected chi connectivity index (χ3v) is 9.53. The number of piperidine rings is 2. The lowest BCUT2D eigenvalue weighted by molar-refractivity contribution is -0.00579. The number of likely N-dealkylation sites (tertiary alicyclic amines) is 1. The summed E-state index contributed by atoms with van der Waals surface area (Å²) < 4.78 is 30.5. The van der Waals surface area contributed by atoms with Gasteiger partial charge in [0.15, 0.2) is 0 Å². The smallest absolute Gasteiger partial charge is 0.414 e. The highest BCUT2D eigenvalue weighted by Gasteiger charge is 2.50. The number of ether oxygens (including phenoxy) is 3. The standard InChI is InChI=1S/C28H38FN3O5/c1-35-13-14-36-26(33)31-18-28(24-15-19(29)5-8-25(24)31)9-11-30(12-10-28)22-16-20-6-7-21(17-22)32(20)27(34)37-23-3-2-4-23/h5,8,15,20-23H,2-4,6-7,9-14,16-18H2,1H3. The molecule has 4 heterocycles. The Morgan fingerprint density at radius 2 is 1.73 bits per heavy atom. The van der Waals surface area contributed by atoms with Crippen LogP contribution in [0.4, 0.5) is 19.7 Å². The molecule has 2 unspecified atom stereocenters. The summed E-state index contributed by atoms with van der Waals surface area (Å²) in [6, 6.07) is 5.73. The van der Waals surface area contributed by atoms with Gasteiger partial charge in [-0.3, -0.25) is 4.90 Å². The van der Waals surface area contributed by atoms with Crippen LogP contribution in [0, 0.1) is 5.82 Å². The van der Waals surface area contributed by atoms with Gasteiger partial charge in [0.2, 0.25) is 0 Å². The number of carbonyl (C=O) groups excluding carboxylic acids is 2. The van der Waals surface area contributed by atoms with E-state index in [2.05, 4.69) is 4.90 Å². The molecule has 0 aromatic heterocycles. The molecule has 2 bridgehead atoms. The molecular weight excluding hydrogens is 477 g/mol. The molecule has 6 rings (SSSR count). The van der Waals surface area contributed by atoms with Gasteiger partial charge in [-0.2, -0.15) is 0 Å². The summed E-state index contributed by atoms with van der Waals surface area (Å²) in [4.78, 5) is 32.0. The molecule has 4 fully saturated rings. The van der Waals surface area contributed by atoms with E-state index in [1.807, 2.05) is 4.90 Å². The first-order valence-electron chi connectivity index (χ1n) is 13.9. The van der Waals surface area contributed by atoms with Gasteiger partial charge in [-0.15, -0.1) is 0 Å². The normalized spacial score (nSPS) is 28.8. The Morgan fingerprint density at radius 3 is 2.38 bits per heavy atom. The van der Waals surface area contributed by atoms with Gasteiger partial charge in [0.1, 0.15) is 18.5 Å². The Bertz CT molecular complexity index is 1010. The van der Waals surface area contributed by atoms with Gasteiger partial charge in [-0.25, -0.2) is 14.0 Å². The quantitative estimate of drug-likeness (QED) is 0.540. The maximum Gasteiger partial charge on any atom is 0.414 e. The number of hydrogen-bond donors (Lipinski definition) is 0. The summed E-state index contributed by atoms with van der Waals surface area (Å²) in [5.74, 6) is -0.270. The number of halogens is 1. The van der Waals surface area contributed by atoms with E-state index in [0.29, 0.717) is 19.2 Å². The predicted molar refractivity (Wildman–Crippen MR) is 135 cm³/mol. The van der Waals surface area contributed by atoms with Crippen molar-refractivity contribution in [1.82, 2.24) is 9.80 Å². The Kier molecular flexibility index (Phi) is 6.77. The van der Waals surface area contributed by atoms with Gasteiger partial charge in [-0.1, -0.05) is 0 Å². The summed E-state index contributed by atoms with van der Waals surface area (Å²) in [5, 5.41) is 0. The molecule has 9 heteroatoms. The Morgan fingerprint density at radius 1 is 1.00 bits per heavy atom. The number of benzene rings is 1. The van der Waals surface area contributed by atoms with Crippen LogP contribution < -0.4 is 4.90 Å². The fraction of sp³-hybridized carbons (Fsp3) is 0.714. The van der Waals surface area contributed by atoms with Crippen molar-refractivity contribution >= 4 is 17.9 Å². The first-order valence-corrected chi connectivity index (χ1v) is 13.9. The van der Waals surface area contributed by atoms with Crippen LogP contribution in [0.5, 0.6) is 0 Å². The number of carbonyl (C=O) groups is 2. The molecule has 2 amide bonds. The summed E-state index contributed by atoms with van der Waals surface area (Å²) in [7, 11) is 1.57. The molecule has 2 atom stereocenters. The van der Waals surface area contributed by atoms with Crippen molar-refractivity contribution in [2.45, 2.75) is 87.4 Å². The van der Waals surface area contributed by atoms with Crippen molar-refractivity contribution in [2.75, 3.05) is 44.9 Å². The molecule has 8 nitrogen and oxygen atoms in total. The first kappa shape index (κ1) is 24.9. The minimum Gasteiger partial charge on any atom is -0.447 e. The first-order chi connectivity index (χ1) is 18.0. The largest absolute Gasteiger partial charge is 0.447 e. The topological polar surface area (TPSA) is 71.6 Å². The molecule has 3 saturated heterocycles. The monoisotopic (exact) mass is 515 g/mol. The number of anilines is 1. The third-order valence-electron chi connectivity index (χ3n) is 9.53. The highest BCUT2D eigenvalue weighted by molar-refractivity contribution is 5.91. The lowest BCUT2D eigenvalue weighted by atomic mass is 9.73. The number of rotatable bonds is 5. The van der Waals surface area contributed by atoms with Crippen LogP contribution in [-0.2, 0) is 19.6 Å². The number of methoxy groups -OCH3 is 1. The molecule has 1 spiro atoms. The number of nitrogens with zero attached hydrogens (tertiary/aromatic N) is 3. The van der Waals surface area contributed by atoms with Crippen LogP contribution in [0.2, 0.25) is 0 Å². The lowest BCUT2D eigenvalue weighted by Crippen LogP contribution is -2.56. The van der Waals surface area contributed by atoms with Crippen LogP contribution in [0.25, 0.3) is 0 Å². The van der Waals surface area contributed by atoms with Crippen LogP contribution in [0.15, 0.2) is 18.2 Å². The van der Waals surface area contributed by atoms with Crippen LogP contribution in [-0.4, -0.2) is 86.2 Å². The molecule has 1 aromatic rings. The SMILES string of the molecule is COCCOC(=O)N1CC2(CCN(C3CC4CCC(C3)N4C(=O)OC3CCC3)CC2)c2cc(F)ccc21. The highest BCUT2D eigenvalue weighted by atomic mass is 19.1. The molecule has 0 radical (unpaired) electrons. The zero-order valence-corrected chi connectivity index (χ0v) is 21.7. The molecule has 1 aromatic carbocycles. The van der Waals surface area contributed by atoms with Gasteiger partial charge < -0.3 is 24.0 Å². The predicted octanol–water partition coefficient (Wildman–Crippen LogP) is 4.45. The summed E-state index contributed by atoms with van der Waals surface area (Å²) in [6.07, 6.45) is 8.62. The molecule has 4 aliphatic heterocycles. The van der Waals surface area contributed by atoms with E-state index in [1.54, 1.807) is 24.1 Å². The molecule has 1 saturated carbocycles. The summed E-state index contributed by atoms with van der Waals surface area (Å²) in [5.41, 5.74) is 1.42. The zero-order valence-electron chi connectivity index (χ0n) is 21.7. The molecule has 202 valence electrons. The highest BCUT2D eigenvalue weighted by Crippen LogP contribution is 2.49. The summed E-state index contributed by atoms with van der Waals surface area (Å²) in [6.45, 7) is 2.86. The second-order valence-corrected chi connectivity index (χ2v) is 11.5. The Hall–Kier alpha value is -2.39. The van der Waals surface area contributed by atoms with Crippen molar-refractivity contribution in [3.63, 3.8) is 0 Å². The van der Waals surface area contributed by atoms with Crippen molar-refractivity contribution in [1.29, 1.82) is 0 Å². The van der Waals surface area contributed by atoms with E-state index in [4.69, 9.17) is 14.2 Å². The minimum absolute atomic E-state index is 0.102. The zero-order chi connectivity index (χ0) is 25.6. The lowest BCUT2D eigenvalue weighted by Gasteiger charge is -2.47. The molecule has 37 heavy (non-hydrogen) atoms. The van der Waals surface area contributed by atoms with E-state index < -0.39 is 6.09 Å². The van der Waals surface area contributed by atoms with E-state index in [0.717, 1.165) is 82.1 Å². The Labute approximate surface area is 218 Å². The number of amides is 2. The van der Waals surface area contributed by atoms with Crippen LogP contribution >= 0.6 is 0 Å². The third kappa shape index (κ3) is 4.58. The van der Waals surface area contributed by atoms with Gasteiger partial charge in [0, 0.05) is 37.2 Å². The van der Waals surface area contributed by atoms with E-state index in [-0.39, 0.29) is 42.1 Å². The van der Waals surface area contributed by atoms with Gasteiger partial charge in [-0.05, 0) is 94.6 Å². The number of fused-ring (bicyclic) bond motifs is 4. The van der Waals surface area contributed by atoms with Gasteiger partial charge in [0.25, 0.3) is 0 Å². The maximum absolute atomic E-state index is 14.3. The number of hydrogen-bond acceptors (Lipinski definition) is 6. The minimum atomic E-state index is -0.401. The fourth-order valence-corrected chi connectivity index (χ4v) is 7.28. The van der Waals surface area contributed by atoms with Crippen LogP contribution in [0.3, 0.4) is 0 Å². The molecule has 1 aliphatic carbocycles. The molecule has 5 aliphatic rings. The van der Waals surface area contributed by atoms with Crippen molar-refractivity contribution in [3.8, 4) is 0 Å². The van der Waals surface area contributed by atoms with Crippen molar-refractivity contribution < 1.29 is 28.2 Å². The van der Waals surface area contributed by atoms with E-state index in [9.17, 15) is 14.0 Å². The fourth-order valence-electron chi connectivity index (χ4n) is 7.28. The Balaban J connectivity index is 1.10. The second-order valence-electron chi connectivity index (χ2n) is 11.5.